The van der Waals surface area contributed by atoms with Crippen molar-refractivity contribution in [3.05, 3.63) is 11.6 Å². The number of aliphatic hydroxyl groups excluding tert-OH is 2. The molecule has 22 heavy (non-hydrogen) atoms. The highest BCUT2D eigenvalue weighted by Crippen LogP contribution is 2.69. The van der Waals surface area contributed by atoms with Gasteiger partial charge in [0.25, 0.3) is 0 Å². The molecule has 1 heterocycles. The van der Waals surface area contributed by atoms with Gasteiger partial charge in [-0.2, -0.15) is 0 Å². The second-order valence-corrected chi connectivity index (χ2v) is 9.09. The van der Waals surface area contributed by atoms with Gasteiger partial charge >= 0.3 is 0 Å². The smallest absolute Gasteiger partial charge is 0.106 e. The molecule has 9 atom stereocenters. The van der Waals surface area contributed by atoms with Crippen molar-refractivity contribution >= 4 is 0 Å². The van der Waals surface area contributed by atoms with E-state index in [0.717, 1.165) is 25.7 Å². The van der Waals surface area contributed by atoms with E-state index in [4.69, 9.17) is 4.74 Å². The van der Waals surface area contributed by atoms with E-state index in [1.54, 1.807) is 0 Å². The second-order valence-electron chi connectivity index (χ2n) is 9.09. The van der Waals surface area contributed by atoms with E-state index in [2.05, 4.69) is 19.9 Å². The van der Waals surface area contributed by atoms with Crippen molar-refractivity contribution in [2.45, 2.75) is 76.8 Å². The van der Waals surface area contributed by atoms with Crippen LogP contribution in [0.5, 0.6) is 0 Å². The van der Waals surface area contributed by atoms with Crippen molar-refractivity contribution in [2.24, 2.45) is 28.6 Å². The van der Waals surface area contributed by atoms with E-state index in [0.29, 0.717) is 23.9 Å². The number of hydrogen-bond donors (Lipinski definition) is 2. The molecule has 0 bridgehead atoms. The number of fused-ring (bicyclic) bond motifs is 8. The van der Waals surface area contributed by atoms with Crippen molar-refractivity contribution < 1.29 is 14.9 Å². The molecular formula is C19H28O3. The molecule has 0 radical (unpaired) electrons. The zero-order valence-corrected chi connectivity index (χ0v) is 13.7. The number of aliphatic hydroxyl groups is 2. The molecule has 0 aromatic carbocycles. The van der Waals surface area contributed by atoms with Gasteiger partial charge in [-0.05, 0) is 72.7 Å². The summed E-state index contributed by atoms with van der Waals surface area (Å²) in [6, 6.07) is 0. The van der Waals surface area contributed by atoms with Gasteiger partial charge < -0.3 is 14.9 Å². The largest absolute Gasteiger partial charge is 0.393 e. The molecule has 4 unspecified atom stereocenters. The van der Waals surface area contributed by atoms with E-state index >= 15 is 0 Å². The molecule has 5 aliphatic rings. The summed E-state index contributed by atoms with van der Waals surface area (Å²) in [5.74, 6) is 1.93. The highest BCUT2D eigenvalue weighted by Gasteiger charge is 2.68. The van der Waals surface area contributed by atoms with Crippen LogP contribution in [0, 0.1) is 28.6 Å². The number of ether oxygens (including phenoxy) is 1. The van der Waals surface area contributed by atoms with Crippen LogP contribution in [0.15, 0.2) is 11.6 Å². The van der Waals surface area contributed by atoms with Crippen molar-refractivity contribution in [3.63, 3.8) is 0 Å². The van der Waals surface area contributed by atoms with Crippen molar-refractivity contribution in [2.75, 3.05) is 0 Å². The van der Waals surface area contributed by atoms with Crippen molar-refractivity contribution in [1.82, 2.24) is 0 Å². The number of rotatable bonds is 0. The predicted molar refractivity (Wildman–Crippen MR) is 83.1 cm³/mol. The standard InChI is InChI=1S/C19H28O3/c1-18-7-5-10(20)9-13(18)16-17(22-16)15-11-3-4-14(21)19(11,2)8-6-12(15)18/h9-12,14-17,20-21H,3-8H2,1-2H3/t10?,11-,12+,14?,15-,16?,17?,18+,19-/m0/s1. The molecular weight excluding hydrogens is 276 g/mol. The first kappa shape index (κ1) is 14.0. The Hall–Kier alpha value is -0.380. The third kappa shape index (κ3) is 1.53. The maximum absolute atomic E-state index is 10.5. The van der Waals surface area contributed by atoms with E-state index in [1.807, 2.05) is 0 Å². The van der Waals surface area contributed by atoms with E-state index in [-0.39, 0.29) is 29.1 Å². The summed E-state index contributed by atoms with van der Waals surface area (Å²) in [5, 5.41) is 20.6. The predicted octanol–water partition coefficient (Wildman–Crippen LogP) is 2.66. The topological polar surface area (TPSA) is 53.0 Å². The molecule has 4 fully saturated rings. The summed E-state index contributed by atoms with van der Waals surface area (Å²) >= 11 is 0. The lowest BCUT2D eigenvalue weighted by molar-refractivity contribution is -0.0734. The molecule has 0 amide bonds. The van der Waals surface area contributed by atoms with Crippen LogP contribution >= 0.6 is 0 Å². The Morgan fingerprint density at radius 1 is 1.05 bits per heavy atom. The Bertz CT molecular complexity index is 543. The quantitative estimate of drug-likeness (QED) is 0.534. The van der Waals surface area contributed by atoms with Gasteiger partial charge in [-0.15, -0.1) is 0 Å². The maximum atomic E-state index is 10.5. The highest BCUT2D eigenvalue weighted by atomic mass is 16.6. The lowest BCUT2D eigenvalue weighted by atomic mass is 9.47. The van der Waals surface area contributed by atoms with Crippen molar-refractivity contribution in [3.8, 4) is 0 Å². The number of epoxide rings is 1. The molecule has 1 saturated heterocycles. The molecule has 1 aliphatic heterocycles. The normalized spacial score (nSPS) is 62.4. The summed E-state index contributed by atoms with van der Waals surface area (Å²) in [6.45, 7) is 4.75. The summed E-state index contributed by atoms with van der Waals surface area (Å²) < 4.78 is 6.16. The number of hydrogen-bond acceptors (Lipinski definition) is 3. The Morgan fingerprint density at radius 3 is 2.68 bits per heavy atom. The fourth-order valence-electron chi connectivity index (χ4n) is 6.93. The monoisotopic (exact) mass is 304 g/mol. The molecule has 5 rings (SSSR count). The highest BCUT2D eigenvalue weighted by molar-refractivity contribution is 5.35. The Labute approximate surface area is 132 Å². The minimum absolute atomic E-state index is 0.115. The van der Waals surface area contributed by atoms with Crippen LogP contribution in [-0.2, 0) is 4.74 Å². The van der Waals surface area contributed by atoms with Gasteiger partial charge in [0, 0.05) is 0 Å². The fraction of sp³-hybridized carbons (Fsp3) is 0.895. The summed E-state index contributed by atoms with van der Waals surface area (Å²) in [7, 11) is 0. The second kappa shape index (κ2) is 4.17. The van der Waals surface area contributed by atoms with Crippen LogP contribution in [0.1, 0.15) is 52.4 Å². The van der Waals surface area contributed by atoms with Gasteiger partial charge in [0.2, 0.25) is 0 Å². The zero-order valence-electron chi connectivity index (χ0n) is 13.7. The molecule has 3 heteroatoms. The van der Waals surface area contributed by atoms with Crippen LogP contribution in [-0.4, -0.2) is 34.6 Å². The van der Waals surface area contributed by atoms with Crippen molar-refractivity contribution in [1.29, 1.82) is 0 Å². The van der Waals surface area contributed by atoms with E-state index < -0.39 is 0 Å². The van der Waals surface area contributed by atoms with Gasteiger partial charge in [0.15, 0.2) is 0 Å². The molecule has 4 aliphatic carbocycles. The van der Waals surface area contributed by atoms with Crippen LogP contribution in [0.2, 0.25) is 0 Å². The lowest BCUT2D eigenvalue weighted by Crippen LogP contribution is -2.54. The third-order valence-corrected chi connectivity index (χ3v) is 8.30. The first-order valence-electron chi connectivity index (χ1n) is 9.19. The van der Waals surface area contributed by atoms with Gasteiger partial charge in [0.1, 0.15) is 6.10 Å². The molecule has 0 aromatic rings. The fourth-order valence-corrected chi connectivity index (χ4v) is 6.93. The summed E-state index contributed by atoms with van der Waals surface area (Å²) in [6.07, 6.45) is 8.86. The molecule has 0 spiro atoms. The lowest BCUT2D eigenvalue weighted by Gasteiger charge is -2.56. The zero-order chi connectivity index (χ0) is 15.3. The molecule has 2 N–H and O–H groups in total. The molecule has 3 saturated carbocycles. The molecule has 0 aromatic heterocycles. The van der Waals surface area contributed by atoms with Gasteiger partial charge in [-0.3, -0.25) is 0 Å². The Kier molecular flexibility index (Phi) is 2.66. The van der Waals surface area contributed by atoms with Gasteiger partial charge in [0.05, 0.1) is 18.3 Å². The maximum Gasteiger partial charge on any atom is 0.106 e. The van der Waals surface area contributed by atoms with E-state index in [1.165, 1.54) is 18.4 Å². The first-order chi connectivity index (χ1) is 10.4. The minimum atomic E-state index is -0.272. The van der Waals surface area contributed by atoms with Crippen LogP contribution in [0.4, 0.5) is 0 Å². The van der Waals surface area contributed by atoms with E-state index in [9.17, 15) is 10.2 Å². The first-order valence-corrected chi connectivity index (χ1v) is 9.19. The Morgan fingerprint density at radius 2 is 1.86 bits per heavy atom. The van der Waals surface area contributed by atoms with Gasteiger partial charge in [-0.25, -0.2) is 0 Å². The van der Waals surface area contributed by atoms with Gasteiger partial charge in [-0.1, -0.05) is 19.9 Å². The third-order valence-electron chi connectivity index (χ3n) is 8.30. The van der Waals surface area contributed by atoms with Crippen LogP contribution in [0.25, 0.3) is 0 Å². The summed E-state index contributed by atoms with van der Waals surface area (Å²) in [4.78, 5) is 0. The Balaban J connectivity index is 1.56. The molecule has 122 valence electrons. The molecule has 3 nitrogen and oxygen atoms in total. The summed E-state index contributed by atoms with van der Waals surface area (Å²) in [5.41, 5.74) is 1.74. The average Bonchev–Trinajstić information content (AvgIpc) is 3.22. The minimum Gasteiger partial charge on any atom is -0.393 e. The SMILES string of the molecule is C[C@]12CCC(O)C=C1C1OC1[C@@H]1[C@H]2CC[C@]2(C)C(O)CC[C@@H]12. The van der Waals surface area contributed by atoms with Crippen LogP contribution in [0.3, 0.4) is 0 Å². The van der Waals surface area contributed by atoms with Crippen LogP contribution < -0.4 is 0 Å². The average molecular weight is 304 g/mol.